The molecule has 6 heteroatoms. The van der Waals surface area contributed by atoms with Gasteiger partial charge in [0.15, 0.2) is 23.2 Å². The Morgan fingerprint density at radius 1 is 1.05 bits per heavy atom. The largest absolute Gasteiger partial charge is 0.494 e. The van der Waals surface area contributed by atoms with Crippen molar-refractivity contribution in [3.8, 4) is 11.8 Å². The highest BCUT2D eigenvalue weighted by atomic mass is 19.1. The molecule has 2 rings (SSSR count). The molecule has 0 aromatic heterocycles. The summed E-state index contributed by atoms with van der Waals surface area (Å²) in [4.78, 5) is 0. The molecular weight excluding hydrogens is 269 g/mol. The van der Waals surface area contributed by atoms with Crippen LogP contribution >= 0.6 is 0 Å². The first-order valence-electron chi connectivity index (χ1n) is 5.55. The van der Waals surface area contributed by atoms with Crippen molar-refractivity contribution in [3.63, 3.8) is 0 Å². The highest BCUT2D eigenvalue weighted by Crippen LogP contribution is 2.28. The van der Waals surface area contributed by atoms with E-state index in [0.29, 0.717) is 0 Å². The van der Waals surface area contributed by atoms with Gasteiger partial charge in [-0.1, -0.05) is 0 Å². The lowest BCUT2D eigenvalue weighted by Gasteiger charge is -2.10. The number of ether oxygens (including phenoxy) is 1. The van der Waals surface area contributed by atoms with Crippen molar-refractivity contribution in [1.29, 1.82) is 5.26 Å². The van der Waals surface area contributed by atoms with Crippen LogP contribution in [0.2, 0.25) is 0 Å². The molecule has 0 saturated heterocycles. The number of methoxy groups -OCH3 is 1. The Balaban J connectivity index is 2.38. The van der Waals surface area contributed by atoms with Crippen LogP contribution < -0.4 is 10.1 Å². The summed E-state index contributed by atoms with van der Waals surface area (Å²) >= 11 is 0. The molecule has 0 heterocycles. The molecule has 0 amide bonds. The van der Waals surface area contributed by atoms with Crippen molar-refractivity contribution >= 4 is 11.4 Å². The second-order valence-electron chi connectivity index (χ2n) is 3.90. The van der Waals surface area contributed by atoms with Gasteiger partial charge in [0, 0.05) is 11.8 Å². The highest BCUT2D eigenvalue weighted by Gasteiger charge is 2.12. The van der Waals surface area contributed by atoms with E-state index in [0.717, 1.165) is 18.2 Å². The number of benzene rings is 2. The molecule has 20 heavy (non-hydrogen) atoms. The number of hydrogen-bond donors (Lipinski definition) is 1. The lowest BCUT2D eigenvalue weighted by molar-refractivity contribution is 0.387. The molecule has 0 saturated carbocycles. The number of halogens is 3. The number of rotatable bonds is 3. The zero-order valence-electron chi connectivity index (χ0n) is 10.4. The van der Waals surface area contributed by atoms with Gasteiger partial charge in [-0.15, -0.1) is 0 Å². The smallest absolute Gasteiger partial charge is 0.165 e. The molecule has 0 bridgehead atoms. The predicted octanol–water partition coefficient (Wildman–Crippen LogP) is 3.73. The summed E-state index contributed by atoms with van der Waals surface area (Å²) in [6, 6.07) is 7.16. The summed E-state index contributed by atoms with van der Waals surface area (Å²) in [5, 5.41) is 11.1. The SMILES string of the molecule is COc1cc(Nc2c(F)cc(C#N)cc2F)ccc1F. The van der Waals surface area contributed by atoms with Gasteiger partial charge < -0.3 is 10.1 Å². The average molecular weight is 278 g/mol. The maximum atomic E-state index is 13.7. The number of nitriles is 1. The maximum absolute atomic E-state index is 13.7. The summed E-state index contributed by atoms with van der Waals surface area (Å²) in [5.41, 5.74) is -0.286. The van der Waals surface area contributed by atoms with E-state index in [1.54, 1.807) is 6.07 Å². The Bertz CT molecular complexity index is 672. The van der Waals surface area contributed by atoms with Crippen LogP contribution in [0.15, 0.2) is 30.3 Å². The fraction of sp³-hybridized carbons (Fsp3) is 0.0714. The van der Waals surface area contributed by atoms with Crippen molar-refractivity contribution in [3.05, 3.63) is 53.3 Å². The minimum absolute atomic E-state index is 0.0514. The second-order valence-corrected chi connectivity index (χ2v) is 3.90. The van der Waals surface area contributed by atoms with Crippen LogP contribution in [0.4, 0.5) is 24.5 Å². The first-order chi connectivity index (χ1) is 9.55. The summed E-state index contributed by atoms with van der Waals surface area (Å²) in [6.07, 6.45) is 0. The zero-order valence-corrected chi connectivity index (χ0v) is 10.4. The molecule has 0 aliphatic heterocycles. The molecule has 2 aromatic carbocycles. The first kappa shape index (κ1) is 13.7. The van der Waals surface area contributed by atoms with Gasteiger partial charge in [0.1, 0.15) is 5.69 Å². The van der Waals surface area contributed by atoms with Crippen LogP contribution in [-0.2, 0) is 0 Å². The third kappa shape index (κ3) is 2.67. The molecule has 102 valence electrons. The predicted molar refractivity (Wildman–Crippen MR) is 67.3 cm³/mol. The van der Waals surface area contributed by atoms with Gasteiger partial charge in [0.05, 0.1) is 18.7 Å². The molecule has 0 atom stereocenters. The van der Waals surface area contributed by atoms with Crippen LogP contribution in [-0.4, -0.2) is 7.11 Å². The molecule has 0 unspecified atom stereocenters. The lowest BCUT2D eigenvalue weighted by Crippen LogP contribution is -1.99. The Morgan fingerprint density at radius 3 is 2.25 bits per heavy atom. The van der Waals surface area contributed by atoms with Gasteiger partial charge in [-0.05, 0) is 24.3 Å². The normalized spacial score (nSPS) is 9.95. The molecule has 1 N–H and O–H groups in total. The standard InChI is InChI=1S/C14H9F3N2O/c1-20-13-6-9(2-3-10(13)15)19-14-11(16)4-8(7-18)5-12(14)17/h2-6,19H,1H3. The summed E-state index contributed by atoms with van der Waals surface area (Å²) < 4.78 is 45.4. The third-order valence-corrected chi connectivity index (χ3v) is 2.59. The first-order valence-corrected chi connectivity index (χ1v) is 5.55. The quantitative estimate of drug-likeness (QED) is 0.930. The number of nitrogens with one attached hydrogen (secondary N) is 1. The molecular formula is C14H9F3N2O. The minimum Gasteiger partial charge on any atom is -0.494 e. The van der Waals surface area contributed by atoms with Crippen molar-refractivity contribution in [2.24, 2.45) is 0 Å². The average Bonchev–Trinajstić information content (AvgIpc) is 2.44. The van der Waals surface area contributed by atoms with Gasteiger partial charge >= 0.3 is 0 Å². The molecule has 0 radical (unpaired) electrons. The van der Waals surface area contributed by atoms with Gasteiger partial charge in [-0.25, -0.2) is 13.2 Å². The van der Waals surface area contributed by atoms with E-state index in [4.69, 9.17) is 10.00 Å². The molecule has 0 fully saturated rings. The molecule has 3 nitrogen and oxygen atoms in total. The lowest BCUT2D eigenvalue weighted by atomic mass is 10.2. The van der Waals surface area contributed by atoms with Gasteiger partial charge in [-0.3, -0.25) is 0 Å². The second kappa shape index (κ2) is 5.53. The highest BCUT2D eigenvalue weighted by molar-refractivity contribution is 5.63. The van der Waals surface area contributed by atoms with Gasteiger partial charge in [-0.2, -0.15) is 5.26 Å². The van der Waals surface area contributed by atoms with E-state index >= 15 is 0 Å². The van der Waals surface area contributed by atoms with E-state index in [9.17, 15) is 13.2 Å². The molecule has 0 spiro atoms. The topological polar surface area (TPSA) is 45.0 Å². The summed E-state index contributed by atoms with van der Waals surface area (Å²) in [6.45, 7) is 0. The van der Waals surface area contributed by atoms with Crippen LogP contribution in [0.3, 0.4) is 0 Å². The Labute approximate surface area is 113 Å². The van der Waals surface area contributed by atoms with E-state index in [1.165, 1.54) is 19.2 Å². The van der Waals surface area contributed by atoms with Crippen molar-refractivity contribution in [2.75, 3.05) is 12.4 Å². The minimum atomic E-state index is -0.912. The van der Waals surface area contributed by atoms with E-state index in [2.05, 4.69) is 5.32 Å². The molecule has 0 aliphatic carbocycles. The molecule has 0 aliphatic rings. The van der Waals surface area contributed by atoms with Gasteiger partial charge in [0.2, 0.25) is 0 Å². The number of anilines is 2. The van der Waals surface area contributed by atoms with Crippen molar-refractivity contribution < 1.29 is 17.9 Å². The fourth-order valence-corrected chi connectivity index (χ4v) is 1.64. The number of hydrogen-bond acceptors (Lipinski definition) is 3. The Kier molecular flexibility index (Phi) is 3.80. The Morgan fingerprint density at radius 2 is 1.70 bits per heavy atom. The van der Waals surface area contributed by atoms with E-state index in [-0.39, 0.29) is 17.0 Å². The summed E-state index contributed by atoms with van der Waals surface area (Å²) in [7, 11) is 1.28. The maximum Gasteiger partial charge on any atom is 0.165 e. The van der Waals surface area contributed by atoms with Crippen LogP contribution in [0.1, 0.15) is 5.56 Å². The van der Waals surface area contributed by atoms with Crippen LogP contribution in [0.25, 0.3) is 0 Å². The Hall–Kier alpha value is -2.68. The van der Waals surface area contributed by atoms with E-state index < -0.39 is 23.1 Å². The summed E-state index contributed by atoms with van der Waals surface area (Å²) in [5.74, 6) is -2.46. The van der Waals surface area contributed by atoms with Crippen molar-refractivity contribution in [1.82, 2.24) is 0 Å². The third-order valence-electron chi connectivity index (χ3n) is 2.59. The van der Waals surface area contributed by atoms with Crippen LogP contribution in [0.5, 0.6) is 5.75 Å². The van der Waals surface area contributed by atoms with Crippen molar-refractivity contribution in [2.45, 2.75) is 0 Å². The number of nitrogens with zero attached hydrogens (tertiary/aromatic N) is 1. The molecule has 2 aromatic rings. The van der Waals surface area contributed by atoms with Crippen LogP contribution in [0, 0.1) is 28.8 Å². The monoisotopic (exact) mass is 278 g/mol. The zero-order chi connectivity index (χ0) is 14.7. The fourth-order valence-electron chi connectivity index (χ4n) is 1.64. The van der Waals surface area contributed by atoms with E-state index in [1.807, 2.05) is 0 Å². The van der Waals surface area contributed by atoms with Gasteiger partial charge in [0.25, 0.3) is 0 Å².